The number of primary amides is 1. The van der Waals surface area contributed by atoms with E-state index in [0.29, 0.717) is 12.1 Å². The zero-order valence-electron chi connectivity index (χ0n) is 10.1. The largest absolute Gasteiger partial charge is 0.368 e. The van der Waals surface area contributed by atoms with Crippen molar-refractivity contribution in [2.75, 3.05) is 0 Å². The molecular weight excluding hydrogens is 262 g/mol. The van der Waals surface area contributed by atoms with Crippen molar-refractivity contribution in [2.45, 2.75) is 12.5 Å². The Kier molecular flexibility index (Phi) is 4.25. The van der Waals surface area contributed by atoms with Gasteiger partial charge in [-0.2, -0.15) is 0 Å². The topological polar surface area (TPSA) is 85.1 Å². The van der Waals surface area contributed by atoms with Crippen molar-refractivity contribution in [1.82, 2.24) is 10.3 Å². The van der Waals surface area contributed by atoms with Crippen LogP contribution in [0.15, 0.2) is 41.2 Å². The van der Waals surface area contributed by atoms with Gasteiger partial charge in [0.2, 0.25) is 5.91 Å². The molecule has 0 saturated heterocycles. The van der Waals surface area contributed by atoms with E-state index in [0.717, 1.165) is 5.56 Å². The van der Waals surface area contributed by atoms with Crippen LogP contribution in [0, 0.1) is 0 Å². The Morgan fingerprint density at radius 2 is 2.05 bits per heavy atom. The predicted octanol–water partition coefficient (Wildman–Crippen LogP) is 0.969. The fourth-order valence-corrected chi connectivity index (χ4v) is 2.16. The molecule has 1 aromatic heterocycles. The van der Waals surface area contributed by atoms with Crippen molar-refractivity contribution in [1.29, 1.82) is 0 Å². The van der Waals surface area contributed by atoms with E-state index in [9.17, 15) is 9.59 Å². The maximum atomic E-state index is 11.8. The molecule has 2 rings (SSSR count). The molecule has 1 unspecified atom stereocenters. The number of amides is 2. The van der Waals surface area contributed by atoms with E-state index >= 15 is 0 Å². The molecule has 2 amide bonds. The summed E-state index contributed by atoms with van der Waals surface area (Å²) in [6.07, 6.45) is 0.367. The SMILES string of the molecule is NC(=O)C(Cc1ccccc1)NC(=O)c1cscn1. The van der Waals surface area contributed by atoms with Crippen LogP contribution < -0.4 is 11.1 Å². The third-order valence-corrected chi connectivity index (χ3v) is 3.18. The summed E-state index contributed by atoms with van der Waals surface area (Å²) in [5.41, 5.74) is 8.11. The standard InChI is InChI=1S/C13H13N3O2S/c14-12(17)10(6-9-4-2-1-3-5-9)16-13(18)11-7-19-8-15-11/h1-5,7-8,10H,6H2,(H2,14,17)(H,16,18). The third kappa shape index (κ3) is 3.62. The number of hydrogen-bond donors (Lipinski definition) is 2. The second-order valence-electron chi connectivity index (χ2n) is 3.99. The van der Waals surface area contributed by atoms with Crippen LogP contribution in [0.2, 0.25) is 0 Å². The molecule has 0 saturated carbocycles. The minimum absolute atomic E-state index is 0.296. The van der Waals surface area contributed by atoms with Gasteiger partial charge in [-0.05, 0) is 5.56 Å². The molecular formula is C13H13N3O2S. The van der Waals surface area contributed by atoms with Crippen molar-refractivity contribution in [2.24, 2.45) is 5.73 Å². The zero-order chi connectivity index (χ0) is 13.7. The van der Waals surface area contributed by atoms with Crippen LogP contribution in [-0.2, 0) is 11.2 Å². The summed E-state index contributed by atoms with van der Waals surface area (Å²) in [6, 6.07) is 8.65. The van der Waals surface area contributed by atoms with E-state index in [1.54, 1.807) is 10.9 Å². The van der Waals surface area contributed by atoms with Crippen molar-refractivity contribution >= 4 is 23.2 Å². The highest BCUT2D eigenvalue weighted by Crippen LogP contribution is 2.05. The van der Waals surface area contributed by atoms with Crippen LogP contribution in [0.5, 0.6) is 0 Å². The van der Waals surface area contributed by atoms with Crippen LogP contribution in [0.25, 0.3) is 0 Å². The molecule has 3 N–H and O–H groups in total. The molecule has 98 valence electrons. The second kappa shape index (κ2) is 6.10. The number of nitrogens with two attached hydrogens (primary N) is 1. The fraction of sp³-hybridized carbons (Fsp3) is 0.154. The van der Waals surface area contributed by atoms with E-state index in [2.05, 4.69) is 10.3 Å². The summed E-state index contributed by atoms with van der Waals surface area (Å²) in [6.45, 7) is 0. The number of carbonyl (C=O) groups is 2. The van der Waals surface area contributed by atoms with Crippen LogP contribution in [0.4, 0.5) is 0 Å². The van der Waals surface area contributed by atoms with Crippen molar-refractivity contribution in [3.63, 3.8) is 0 Å². The first kappa shape index (κ1) is 13.2. The number of hydrogen-bond acceptors (Lipinski definition) is 4. The monoisotopic (exact) mass is 275 g/mol. The Morgan fingerprint density at radius 1 is 1.32 bits per heavy atom. The van der Waals surface area contributed by atoms with Gasteiger partial charge in [0.15, 0.2) is 0 Å². The molecule has 0 aliphatic rings. The highest BCUT2D eigenvalue weighted by Gasteiger charge is 2.20. The lowest BCUT2D eigenvalue weighted by Crippen LogP contribution is -2.45. The minimum Gasteiger partial charge on any atom is -0.368 e. The first-order chi connectivity index (χ1) is 9.16. The summed E-state index contributed by atoms with van der Waals surface area (Å²) in [7, 11) is 0. The lowest BCUT2D eigenvalue weighted by Gasteiger charge is -2.14. The van der Waals surface area contributed by atoms with Gasteiger partial charge in [-0.3, -0.25) is 9.59 Å². The molecule has 19 heavy (non-hydrogen) atoms. The Morgan fingerprint density at radius 3 is 2.63 bits per heavy atom. The van der Waals surface area contributed by atoms with Gasteiger partial charge in [0.25, 0.3) is 5.91 Å². The summed E-state index contributed by atoms with van der Waals surface area (Å²) in [5.74, 6) is -0.951. The van der Waals surface area contributed by atoms with E-state index in [-0.39, 0.29) is 5.91 Å². The van der Waals surface area contributed by atoms with Crippen molar-refractivity contribution in [3.05, 3.63) is 52.5 Å². The first-order valence-corrected chi connectivity index (χ1v) is 6.63. The van der Waals surface area contributed by atoms with Crippen LogP contribution in [0.3, 0.4) is 0 Å². The van der Waals surface area contributed by atoms with E-state index in [1.165, 1.54) is 11.3 Å². The molecule has 1 atom stereocenters. The van der Waals surface area contributed by atoms with Gasteiger partial charge in [-0.25, -0.2) is 4.98 Å². The molecule has 1 heterocycles. The average molecular weight is 275 g/mol. The maximum Gasteiger partial charge on any atom is 0.271 e. The second-order valence-corrected chi connectivity index (χ2v) is 4.71. The van der Waals surface area contributed by atoms with Crippen LogP contribution >= 0.6 is 11.3 Å². The van der Waals surface area contributed by atoms with Gasteiger partial charge in [-0.15, -0.1) is 11.3 Å². The molecule has 0 spiro atoms. The zero-order valence-corrected chi connectivity index (χ0v) is 10.9. The number of thiazole rings is 1. The third-order valence-electron chi connectivity index (χ3n) is 2.60. The normalized spacial score (nSPS) is 11.8. The minimum atomic E-state index is -0.739. The number of aromatic nitrogens is 1. The van der Waals surface area contributed by atoms with Crippen LogP contribution in [0.1, 0.15) is 16.1 Å². The van der Waals surface area contributed by atoms with Gasteiger partial charge in [0.05, 0.1) is 5.51 Å². The number of nitrogens with zero attached hydrogens (tertiary/aromatic N) is 1. The van der Waals surface area contributed by atoms with Gasteiger partial charge in [-0.1, -0.05) is 30.3 Å². The van der Waals surface area contributed by atoms with Gasteiger partial charge in [0.1, 0.15) is 11.7 Å². The van der Waals surface area contributed by atoms with Crippen molar-refractivity contribution < 1.29 is 9.59 Å². The highest BCUT2D eigenvalue weighted by molar-refractivity contribution is 7.07. The Hall–Kier alpha value is -2.21. The quantitative estimate of drug-likeness (QED) is 0.852. The Balaban J connectivity index is 2.05. The molecule has 0 radical (unpaired) electrons. The summed E-state index contributed by atoms with van der Waals surface area (Å²) < 4.78 is 0. The van der Waals surface area contributed by atoms with Gasteiger partial charge >= 0.3 is 0 Å². The fourth-order valence-electron chi connectivity index (χ4n) is 1.63. The van der Waals surface area contributed by atoms with Gasteiger partial charge < -0.3 is 11.1 Å². The smallest absolute Gasteiger partial charge is 0.271 e. The summed E-state index contributed by atoms with van der Waals surface area (Å²) in [5, 5.41) is 4.22. The maximum absolute atomic E-state index is 11.8. The first-order valence-electron chi connectivity index (χ1n) is 5.69. The molecule has 0 bridgehead atoms. The summed E-state index contributed by atoms with van der Waals surface area (Å²) >= 11 is 1.32. The molecule has 1 aromatic carbocycles. The van der Waals surface area contributed by atoms with Crippen molar-refractivity contribution in [3.8, 4) is 0 Å². The lowest BCUT2D eigenvalue weighted by atomic mass is 10.1. The molecule has 0 fully saturated rings. The number of carbonyl (C=O) groups excluding carboxylic acids is 2. The highest BCUT2D eigenvalue weighted by atomic mass is 32.1. The molecule has 0 aliphatic heterocycles. The molecule has 5 nitrogen and oxygen atoms in total. The van der Waals surface area contributed by atoms with Crippen LogP contribution in [-0.4, -0.2) is 22.8 Å². The van der Waals surface area contributed by atoms with Gasteiger partial charge in [0, 0.05) is 11.8 Å². The molecule has 6 heteroatoms. The Bertz CT molecular complexity index is 555. The van der Waals surface area contributed by atoms with E-state index in [4.69, 9.17) is 5.73 Å². The Labute approximate surface area is 114 Å². The number of rotatable bonds is 5. The lowest BCUT2D eigenvalue weighted by molar-refractivity contribution is -0.119. The predicted molar refractivity (Wildman–Crippen MR) is 72.7 cm³/mol. The molecule has 2 aromatic rings. The van der Waals surface area contributed by atoms with E-state index < -0.39 is 11.9 Å². The van der Waals surface area contributed by atoms with E-state index in [1.807, 2.05) is 30.3 Å². The number of benzene rings is 1. The molecule has 0 aliphatic carbocycles. The summed E-state index contributed by atoms with van der Waals surface area (Å²) in [4.78, 5) is 27.1. The number of nitrogens with one attached hydrogen (secondary N) is 1. The average Bonchev–Trinajstić information content (AvgIpc) is 2.93.